The fourth-order valence-corrected chi connectivity index (χ4v) is 5.18. The van der Waals surface area contributed by atoms with Gasteiger partial charge in [-0.1, -0.05) is 12.1 Å². The number of nitrogens with zero attached hydrogens (tertiary/aromatic N) is 1. The van der Waals surface area contributed by atoms with Crippen molar-refractivity contribution in [1.82, 2.24) is 4.90 Å². The highest BCUT2D eigenvalue weighted by Crippen LogP contribution is 2.26. The van der Waals surface area contributed by atoms with Crippen molar-refractivity contribution in [2.24, 2.45) is 0 Å². The van der Waals surface area contributed by atoms with Gasteiger partial charge in [0.15, 0.2) is 0 Å². The molecular weight excluding hydrogens is 356 g/mol. The molecule has 1 N–H and O–H groups in total. The second-order valence-corrected chi connectivity index (χ2v) is 9.18. The number of amides is 1. The minimum Gasteiger partial charge on any atom is -0.339 e. The number of benzene rings is 1. The molecule has 0 radical (unpaired) electrons. The van der Waals surface area contributed by atoms with E-state index in [2.05, 4.69) is 4.72 Å². The Morgan fingerprint density at radius 2 is 1.88 bits per heavy atom. The van der Waals surface area contributed by atoms with Crippen molar-refractivity contribution in [3.8, 4) is 0 Å². The monoisotopic (exact) mass is 378 g/mol. The molecule has 0 atom stereocenters. The quantitative estimate of drug-likeness (QED) is 0.880. The van der Waals surface area contributed by atoms with Crippen LogP contribution in [0.4, 0.5) is 5.69 Å². The van der Waals surface area contributed by atoms with E-state index in [4.69, 9.17) is 0 Å². The van der Waals surface area contributed by atoms with Gasteiger partial charge in [-0.15, -0.1) is 11.3 Å². The van der Waals surface area contributed by atoms with Crippen LogP contribution in [0.2, 0.25) is 0 Å². The van der Waals surface area contributed by atoms with Gasteiger partial charge in [-0.2, -0.15) is 0 Å². The van der Waals surface area contributed by atoms with E-state index in [1.54, 1.807) is 16.3 Å². The van der Waals surface area contributed by atoms with Crippen LogP contribution in [0.1, 0.15) is 40.7 Å². The summed E-state index contributed by atoms with van der Waals surface area (Å²) in [6.45, 7) is 5.32. The minimum absolute atomic E-state index is 0.0795. The molecule has 1 aliphatic rings. The molecule has 2 aromatic rings. The number of aryl methyl sites for hydroxylation is 1. The van der Waals surface area contributed by atoms with Crippen molar-refractivity contribution in [2.75, 3.05) is 17.8 Å². The van der Waals surface area contributed by atoms with Gasteiger partial charge in [0, 0.05) is 18.5 Å². The maximum atomic E-state index is 12.7. The first-order valence-electron chi connectivity index (χ1n) is 8.35. The SMILES string of the molecule is Cc1cccc(NS(=O)(=O)c2cc(C(=O)N3CCCCC3)cs2)c1C. The molecule has 134 valence electrons. The molecule has 1 aromatic carbocycles. The number of rotatable bonds is 4. The fraction of sp³-hybridized carbons (Fsp3) is 0.389. The summed E-state index contributed by atoms with van der Waals surface area (Å²) in [6.07, 6.45) is 3.16. The molecule has 0 bridgehead atoms. The van der Waals surface area contributed by atoms with Crippen LogP contribution < -0.4 is 4.72 Å². The third kappa shape index (κ3) is 3.88. The zero-order chi connectivity index (χ0) is 18.0. The number of likely N-dealkylation sites (tertiary alicyclic amines) is 1. The zero-order valence-corrected chi connectivity index (χ0v) is 16.0. The smallest absolute Gasteiger partial charge is 0.271 e. The number of nitrogens with one attached hydrogen (secondary N) is 1. The molecule has 2 heterocycles. The van der Waals surface area contributed by atoms with Crippen molar-refractivity contribution in [3.63, 3.8) is 0 Å². The van der Waals surface area contributed by atoms with Crippen LogP contribution in [0.25, 0.3) is 0 Å². The molecule has 7 heteroatoms. The average Bonchev–Trinajstić information content (AvgIpc) is 3.10. The fourth-order valence-electron chi connectivity index (χ4n) is 2.91. The van der Waals surface area contributed by atoms with Crippen LogP contribution in [-0.4, -0.2) is 32.3 Å². The lowest BCUT2D eigenvalue weighted by atomic mass is 10.1. The number of carbonyl (C=O) groups excluding carboxylic acids is 1. The van der Waals surface area contributed by atoms with Crippen LogP contribution in [-0.2, 0) is 10.0 Å². The molecule has 0 saturated carbocycles. The predicted molar refractivity (Wildman–Crippen MR) is 101 cm³/mol. The Bertz CT molecular complexity index is 881. The summed E-state index contributed by atoms with van der Waals surface area (Å²) in [5, 5.41) is 1.63. The van der Waals surface area contributed by atoms with E-state index in [0.29, 0.717) is 11.3 Å². The largest absolute Gasteiger partial charge is 0.339 e. The first kappa shape index (κ1) is 17.9. The molecule has 3 rings (SSSR count). The van der Waals surface area contributed by atoms with E-state index in [9.17, 15) is 13.2 Å². The van der Waals surface area contributed by atoms with Gasteiger partial charge in [0.1, 0.15) is 4.21 Å². The lowest BCUT2D eigenvalue weighted by molar-refractivity contribution is 0.0725. The Morgan fingerprint density at radius 1 is 1.16 bits per heavy atom. The molecule has 1 aliphatic heterocycles. The molecule has 1 aromatic heterocycles. The molecule has 25 heavy (non-hydrogen) atoms. The van der Waals surface area contributed by atoms with E-state index in [1.807, 2.05) is 26.0 Å². The first-order chi connectivity index (χ1) is 11.9. The molecule has 1 amide bonds. The van der Waals surface area contributed by atoms with Crippen molar-refractivity contribution in [3.05, 3.63) is 46.3 Å². The number of carbonyl (C=O) groups is 1. The van der Waals surface area contributed by atoms with Crippen molar-refractivity contribution < 1.29 is 13.2 Å². The van der Waals surface area contributed by atoms with Gasteiger partial charge in [-0.3, -0.25) is 9.52 Å². The highest BCUT2D eigenvalue weighted by molar-refractivity contribution is 7.94. The van der Waals surface area contributed by atoms with Crippen molar-refractivity contribution in [1.29, 1.82) is 0 Å². The van der Waals surface area contributed by atoms with Gasteiger partial charge in [0.2, 0.25) is 0 Å². The van der Waals surface area contributed by atoms with E-state index in [-0.39, 0.29) is 10.1 Å². The third-order valence-electron chi connectivity index (χ3n) is 4.58. The topological polar surface area (TPSA) is 66.5 Å². The number of sulfonamides is 1. The van der Waals surface area contributed by atoms with Gasteiger partial charge in [0.25, 0.3) is 15.9 Å². The Kier molecular flexibility index (Phi) is 5.15. The maximum absolute atomic E-state index is 12.7. The first-order valence-corrected chi connectivity index (χ1v) is 10.7. The lowest BCUT2D eigenvalue weighted by Crippen LogP contribution is -2.35. The second kappa shape index (κ2) is 7.17. The molecule has 1 saturated heterocycles. The van der Waals surface area contributed by atoms with E-state index in [1.165, 1.54) is 6.07 Å². The van der Waals surface area contributed by atoms with Crippen LogP contribution in [0.3, 0.4) is 0 Å². The second-order valence-electron chi connectivity index (χ2n) is 6.36. The van der Waals surface area contributed by atoms with Crippen molar-refractivity contribution >= 4 is 33.0 Å². The average molecular weight is 379 g/mol. The summed E-state index contributed by atoms with van der Waals surface area (Å²) >= 11 is 1.08. The summed E-state index contributed by atoms with van der Waals surface area (Å²) in [6, 6.07) is 6.98. The summed E-state index contributed by atoms with van der Waals surface area (Å²) in [4.78, 5) is 14.3. The molecule has 1 fully saturated rings. The van der Waals surface area contributed by atoms with Crippen LogP contribution in [0, 0.1) is 13.8 Å². The van der Waals surface area contributed by atoms with Crippen molar-refractivity contribution in [2.45, 2.75) is 37.3 Å². The Labute approximate surface area is 152 Å². The van der Waals surface area contributed by atoms with E-state index >= 15 is 0 Å². The normalized spacial score (nSPS) is 15.2. The number of anilines is 1. The summed E-state index contributed by atoms with van der Waals surface area (Å²) in [5.41, 5.74) is 2.94. The molecule has 0 spiro atoms. The maximum Gasteiger partial charge on any atom is 0.271 e. The van der Waals surface area contributed by atoms with Gasteiger partial charge >= 0.3 is 0 Å². The highest BCUT2D eigenvalue weighted by atomic mass is 32.2. The van der Waals surface area contributed by atoms with Crippen LogP contribution >= 0.6 is 11.3 Å². The zero-order valence-electron chi connectivity index (χ0n) is 14.4. The summed E-state index contributed by atoms with van der Waals surface area (Å²) < 4.78 is 28.1. The highest BCUT2D eigenvalue weighted by Gasteiger charge is 2.23. The van der Waals surface area contributed by atoms with Gasteiger partial charge in [-0.05, 0) is 56.4 Å². The predicted octanol–water partition coefficient (Wildman–Crippen LogP) is 3.79. The molecule has 5 nitrogen and oxygen atoms in total. The molecular formula is C18H22N2O3S2. The number of hydrogen-bond acceptors (Lipinski definition) is 4. The summed E-state index contributed by atoms with van der Waals surface area (Å²) in [7, 11) is -3.70. The van der Waals surface area contributed by atoms with Gasteiger partial charge in [-0.25, -0.2) is 8.42 Å². The molecule has 0 aliphatic carbocycles. The standard InChI is InChI=1S/C18H22N2O3S2/c1-13-7-6-8-16(14(13)2)19-25(22,23)17-11-15(12-24-17)18(21)20-9-4-3-5-10-20/h6-8,11-12,19H,3-5,9-10H2,1-2H3. The molecule has 0 unspecified atom stereocenters. The van der Waals surface area contributed by atoms with E-state index in [0.717, 1.165) is 54.8 Å². The van der Waals surface area contributed by atoms with Crippen LogP contribution in [0.15, 0.2) is 33.9 Å². The number of hydrogen-bond donors (Lipinski definition) is 1. The third-order valence-corrected chi connectivity index (χ3v) is 7.38. The Hall–Kier alpha value is -1.86. The number of thiophene rings is 1. The Balaban J connectivity index is 1.80. The van der Waals surface area contributed by atoms with E-state index < -0.39 is 10.0 Å². The van der Waals surface area contributed by atoms with Gasteiger partial charge in [0.05, 0.1) is 11.3 Å². The van der Waals surface area contributed by atoms with Crippen LogP contribution in [0.5, 0.6) is 0 Å². The lowest BCUT2D eigenvalue weighted by Gasteiger charge is -2.26. The minimum atomic E-state index is -3.70. The summed E-state index contributed by atoms with van der Waals surface area (Å²) in [5.74, 6) is -0.0795. The Morgan fingerprint density at radius 3 is 2.60 bits per heavy atom. The van der Waals surface area contributed by atoms with Gasteiger partial charge < -0.3 is 4.90 Å². The number of piperidine rings is 1.